The lowest BCUT2D eigenvalue weighted by Crippen LogP contribution is -2.54. The molecule has 1 fully saturated rings. The predicted octanol–water partition coefficient (Wildman–Crippen LogP) is 0.698. The molecular weight excluding hydrogens is 285 g/mol. The molecule has 0 aromatic carbocycles. The minimum absolute atomic E-state index is 0.267. The largest absolute Gasteiger partial charge is 0.481 e. The number of carboxylic acid groups (broad SMARTS) is 2. The molecule has 0 spiro atoms. The molecule has 0 aromatic rings. The third-order valence-electron chi connectivity index (χ3n) is 2.90. The number of hydrogen-bond donors (Lipinski definition) is 4. The van der Waals surface area contributed by atoms with Crippen molar-refractivity contribution in [2.45, 2.75) is 43.4 Å². The van der Waals surface area contributed by atoms with Gasteiger partial charge in [0.05, 0.1) is 0 Å². The van der Waals surface area contributed by atoms with E-state index < -0.39 is 48.6 Å². The maximum atomic E-state index is 12.6. The lowest BCUT2D eigenvalue weighted by Gasteiger charge is -2.22. The topological polar surface area (TPSA) is 116 Å². The summed E-state index contributed by atoms with van der Waals surface area (Å²) in [5.74, 6) is -2.79. The van der Waals surface area contributed by atoms with E-state index in [1.54, 1.807) is 5.32 Å². The van der Waals surface area contributed by atoms with Crippen molar-refractivity contribution in [1.29, 1.82) is 0 Å². The van der Waals surface area contributed by atoms with E-state index in [1.807, 2.05) is 5.32 Å². The summed E-state index contributed by atoms with van der Waals surface area (Å²) in [4.78, 5) is 32.5. The first-order valence-corrected chi connectivity index (χ1v) is 5.67. The van der Waals surface area contributed by atoms with Crippen molar-refractivity contribution >= 4 is 18.0 Å². The van der Waals surface area contributed by atoms with Gasteiger partial charge >= 0.3 is 24.1 Å². The summed E-state index contributed by atoms with van der Waals surface area (Å²) in [6.45, 7) is 0. The molecule has 0 aromatic heterocycles. The van der Waals surface area contributed by atoms with Crippen LogP contribution in [0.25, 0.3) is 0 Å². The van der Waals surface area contributed by atoms with Gasteiger partial charge < -0.3 is 20.8 Å². The highest BCUT2D eigenvalue weighted by molar-refractivity contribution is 5.83. The van der Waals surface area contributed by atoms with Crippen molar-refractivity contribution in [3.63, 3.8) is 0 Å². The first-order valence-electron chi connectivity index (χ1n) is 5.67. The molecule has 0 bridgehead atoms. The molecule has 1 aliphatic carbocycles. The van der Waals surface area contributed by atoms with Gasteiger partial charge in [-0.1, -0.05) is 0 Å². The molecule has 20 heavy (non-hydrogen) atoms. The zero-order valence-electron chi connectivity index (χ0n) is 10.2. The molecule has 10 heteroatoms. The van der Waals surface area contributed by atoms with Gasteiger partial charge in [-0.05, 0) is 19.3 Å². The van der Waals surface area contributed by atoms with Crippen LogP contribution in [-0.4, -0.2) is 45.9 Å². The van der Waals surface area contributed by atoms with Gasteiger partial charge in [0, 0.05) is 6.42 Å². The summed E-state index contributed by atoms with van der Waals surface area (Å²) in [5.41, 5.74) is -2.30. The maximum absolute atomic E-state index is 12.6. The van der Waals surface area contributed by atoms with Crippen molar-refractivity contribution in [3.8, 4) is 0 Å². The van der Waals surface area contributed by atoms with E-state index in [-0.39, 0.29) is 12.8 Å². The predicted molar refractivity (Wildman–Crippen MR) is 58.0 cm³/mol. The van der Waals surface area contributed by atoms with Gasteiger partial charge in [-0.15, -0.1) is 0 Å². The summed E-state index contributed by atoms with van der Waals surface area (Å²) in [7, 11) is 0. The fraction of sp³-hybridized carbons (Fsp3) is 0.700. The van der Waals surface area contributed by atoms with Gasteiger partial charge in [-0.25, -0.2) is 9.59 Å². The number of carbonyl (C=O) groups is 3. The average Bonchev–Trinajstić information content (AvgIpc) is 3.03. The van der Waals surface area contributed by atoms with E-state index in [2.05, 4.69) is 0 Å². The number of carboxylic acids is 2. The average molecular weight is 298 g/mol. The number of nitrogens with one attached hydrogen (secondary N) is 2. The molecule has 0 aliphatic heterocycles. The van der Waals surface area contributed by atoms with E-state index in [1.165, 1.54) is 0 Å². The molecule has 114 valence electrons. The van der Waals surface area contributed by atoms with Gasteiger partial charge in [0.2, 0.25) is 0 Å². The van der Waals surface area contributed by atoms with E-state index >= 15 is 0 Å². The number of halogens is 3. The molecule has 1 rings (SSSR count). The number of amides is 2. The van der Waals surface area contributed by atoms with Crippen LogP contribution in [0.2, 0.25) is 0 Å². The van der Waals surface area contributed by atoms with Gasteiger partial charge in [-0.3, -0.25) is 4.79 Å². The van der Waals surface area contributed by atoms with Crippen molar-refractivity contribution in [2.75, 3.05) is 0 Å². The number of hydrogen-bond acceptors (Lipinski definition) is 3. The fourth-order valence-electron chi connectivity index (χ4n) is 1.54. The number of alkyl halides is 3. The Bertz CT molecular complexity index is 420. The van der Waals surface area contributed by atoms with Gasteiger partial charge in [0.15, 0.2) is 0 Å². The second-order valence-corrected chi connectivity index (χ2v) is 4.50. The monoisotopic (exact) mass is 298 g/mol. The lowest BCUT2D eigenvalue weighted by molar-refractivity contribution is -0.162. The molecule has 0 unspecified atom stereocenters. The Morgan fingerprint density at radius 3 is 2.10 bits per heavy atom. The Balaban J connectivity index is 2.55. The summed E-state index contributed by atoms with van der Waals surface area (Å²) in [5, 5.41) is 20.7. The van der Waals surface area contributed by atoms with Crippen LogP contribution in [0, 0.1) is 0 Å². The van der Waals surface area contributed by atoms with Crippen LogP contribution < -0.4 is 10.6 Å². The van der Waals surface area contributed by atoms with Gasteiger partial charge in [0.1, 0.15) is 11.6 Å². The molecule has 0 heterocycles. The van der Waals surface area contributed by atoms with Crippen molar-refractivity contribution in [2.24, 2.45) is 0 Å². The Morgan fingerprint density at radius 1 is 1.20 bits per heavy atom. The molecule has 4 N–H and O–H groups in total. The molecule has 1 saturated carbocycles. The normalized spacial score (nSPS) is 17.9. The first-order chi connectivity index (χ1) is 9.07. The zero-order valence-corrected chi connectivity index (χ0v) is 10.2. The number of urea groups is 1. The third-order valence-corrected chi connectivity index (χ3v) is 2.90. The van der Waals surface area contributed by atoms with Crippen LogP contribution in [0.15, 0.2) is 0 Å². The van der Waals surface area contributed by atoms with Crippen molar-refractivity contribution in [1.82, 2.24) is 10.6 Å². The second kappa shape index (κ2) is 5.55. The Morgan fingerprint density at radius 2 is 1.75 bits per heavy atom. The Kier molecular flexibility index (Phi) is 4.46. The summed E-state index contributed by atoms with van der Waals surface area (Å²) in [6.07, 6.45) is -6.09. The third kappa shape index (κ3) is 4.00. The number of carbonyl (C=O) groups excluding carboxylic acids is 1. The fourth-order valence-corrected chi connectivity index (χ4v) is 1.54. The van der Waals surface area contributed by atoms with Crippen molar-refractivity contribution in [3.05, 3.63) is 0 Å². The van der Waals surface area contributed by atoms with Gasteiger partial charge in [0.25, 0.3) is 0 Å². The van der Waals surface area contributed by atoms with E-state index in [4.69, 9.17) is 10.2 Å². The van der Waals surface area contributed by atoms with Crippen LogP contribution in [0.1, 0.15) is 25.7 Å². The van der Waals surface area contributed by atoms with Crippen LogP contribution in [-0.2, 0) is 9.59 Å². The minimum Gasteiger partial charge on any atom is -0.481 e. The maximum Gasteiger partial charge on any atom is 0.411 e. The van der Waals surface area contributed by atoms with E-state index in [0.717, 1.165) is 0 Å². The molecule has 1 atom stereocenters. The molecule has 2 amide bonds. The van der Waals surface area contributed by atoms with E-state index in [0.29, 0.717) is 0 Å². The zero-order chi connectivity index (χ0) is 15.6. The minimum atomic E-state index is -4.61. The van der Waals surface area contributed by atoms with Crippen molar-refractivity contribution < 1.29 is 37.8 Å². The summed E-state index contributed by atoms with van der Waals surface area (Å²) < 4.78 is 37.7. The number of rotatable bonds is 6. The Labute approximate surface area is 111 Å². The second-order valence-electron chi connectivity index (χ2n) is 4.50. The summed E-state index contributed by atoms with van der Waals surface area (Å²) >= 11 is 0. The Hall–Kier alpha value is -2.00. The van der Waals surface area contributed by atoms with E-state index in [9.17, 15) is 27.6 Å². The standard InChI is InChI=1S/C10H13F3N2O5/c11-10(12,13)9(3-4-9)15-8(20)14-5(7(18)19)1-2-6(16)17/h5H,1-4H2,(H,16,17)(H,18,19)(H2,14,15,20)/t5-/m0/s1. The molecular formula is C10H13F3N2O5. The molecule has 0 saturated heterocycles. The molecule has 0 radical (unpaired) electrons. The lowest BCUT2D eigenvalue weighted by atomic mass is 10.1. The highest BCUT2D eigenvalue weighted by Gasteiger charge is 2.64. The number of aliphatic carboxylic acids is 2. The highest BCUT2D eigenvalue weighted by atomic mass is 19.4. The van der Waals surface area contributed by atoms with Crippen LogP contribution in [0.4, 0.5) is 18.0 Å². The smallest absolute Gasteiger partial charge is 0.411 e. The van der Waals surface area contributed by atoms with Crippen LogP contribution in [0.3, 0.4) is 0 Å². The molecule has 7 nitrogen and oxygen atoms in total. The molecule has 1 aliphatic rings. The first kappa shape index (κ1) is 16.1. The van der Waals surface area contributed by atoms with Gasteiger partial charge in [-0.2, -0.15) is 13.2 Å². The van der Waals surface area contributed by atoms with Crippen LogP contribution in [0.5, 0.6) is 0 Å². The quantitative estimate of drug-likeness (QED) is 0.576. The summed E-state index contributed by atoms with van der Waals surface area (Å²) in [6, 6.07) is -2.84. The van der Waals surface area contributed by atoms with Crippen LogP contribution >= 0.6 is 0 Å². The SMILES string of the molecule is O=C(O)CC[C@H](NC(=O)NC1(C(F)(F)F)CC1)C(=O)O. The highest BCUT2D eigenvalue weighted by Crippen LogP contribution is 2.48.